The molecular weight excluding hydrogens is 448 g/mol. The van der Waals surface area contributed by atoms with Crippen LogP contribution in [0.4, 0.5) is 5.82 Å². The van der Waals surface area contributed by atoms with Crippen molar-refractivity contribution in [2.24, 2.45) is 0 Å². The van der Waals surface area contributed by atoms with E-state index in [0.717, 1.165) is 36.8 Å². The lowest BCUT2D eigenvalue weighted by atomic mass is 9.98. The quantitative estimate of drug-likeness (QED) is 0.475. The number of carbonyl (C=O) groups excluding carboxylic acids is 3. The monoisotopic (exact) mass is 484 g/mol. The number of rotatable bonds is 12. The number of aryl methyl sites for hydroxylation is 2. The highest BCUT2D eigenvalue weighted by Gasteiger charge is 2.32. The summed E-state index contributed by atoms with van der Waals surface area (Å²) < 4.78 is 10.6. The van der Waals surface area contributed by atoms with E-state index in [9.17, 15) is 14.4 Å². The summed E-state index contributed by atoms with van der Waals surface area (Å²) in [6.07, 6.45) is 3.47. The summed E-state index contributed by atoms with van der Waals surface area (Å²) in [6.45, 7) is 7.25. The van der Waals surface area contributed by atoms with Gasteiger partial charge in [0.25, 0.3) is 0 Å². The van der Waals surface area contributed by atoms with Crippen LogP contribution in [0.25, 0.3) is 0 Å². The molecule has 2 N–H and O–H groups in total. The van der Waals surface area contributed by atoms with Crippen LogP contribution in [0.1, 0.15) is 68.4 Å². The minimum atomic E-state index is -0.780. The Morgan fingerprint density at radius 1 is 1.20 bits per heavy atom. The summed E-state index contributed by atoms with van der Waals surface area (Å²) in [6, 6.07) is 8.44. The number of carbonyl (C=O) groups is 3. The number of hydrogen-bond donors (Lipinski definition) is 2. The van der Waals surface area contributed by atoms with Crippen molar-refractivity contribution in [3.63, 3.8) is 0 Å². The molecule has 3 amide bonds. The van der Waals surface area contributed by atoms with Crippen LogP contribution >= 0.6 is 0 Å². The van der Waals surface area contributed by atoms with E-state index in [0.29, 0.717) is 31.3 Å². The molecule has 0 radical (unpaired) electrons. The molecule has 0 bridgehead atoms. The van der Waals surface area contributed by atoms with E-state index in [-0.39, 0.29) is 36.7 Å². The van der Waals surface area contributed by atoms with Gasteiger partial charge in [-0.15, -0.1) is 0 Å². The lowest BCUT2D eigenvalue weighted by molar-refractivity contribution is -0.141. The van der Waals surface area contributed by atoms with Crippen molar-refractivity contribution in [3.05, 3.63) is 47.2 Å². The highest BCUT2D eigenvalue weighted by molar-refractivity contribution is 5.94. The Morgan fingerprint density at radius 3 is 2.66 bits per heavy atom. The minimum Gasteiger partial charge on any atom is -0.376 e. The van der Waals surface area contributed by atoms with Crippen LogP contribution < -0.4 is 10.6 Å². The summed E-state index contributed by atoms with van der Waals surface area (Å²) in [5.74, 6) is 0.0795. The van der Waals surface area contributed by atoms with Gasteiger partial charge in [-0.1, -0.05) is 42.8 Å². The first-order valence-corrected chi connectivity index (χ1v) is 12.4. The molecule has 2 atom stereocenters. The lowest BCUT2D eigenvalue weighted by Crippen LogP contribution is -2.46. The second-order valence-corrected chi connectivity index (χ2v) is 8.95. The molecule has 0 saturated carbocycles. The van der Waals surface area contributed by atoms with Gasteiger partial charge in [0.05, 0.1) is 6.10 Å². The Bertz CT molecular complexity index is 999. The van der Waals surface area contributed by atoms with Crippen molar-refractivity contribution in [3.8, 4) is 0 Å². The van der Waals surface area contributed by atoms with E-state index in [4.69, 9.17) is 9.26 Å². The first kappa shape index (κ1) is 26.4. The number of nitrogens with zero attached hydrogens (tertiary/aromatic N) is 2. The number of anilines is 1. The zero-order chi connectivity index (χ0) is 25.2. The number of nitrogens with one attached hydrogen (secondary N) is 2. The Balaban J connectivity index is 1.75. The summed E-state index contributed by atoms with van der Waals surface area (Å²) in [7, 11) is 0. The normalized spacial score (nSPS) is 16.0. The van der Waals surface area contributed by atoms with Crippen molar-refractivity contribution in [2.75, 3.05) is 25.0 Å². The maximum absolute atomic E-state index is 13.5. The van der Waals surface area contributed by atoms with Crippen LogP contribution in [0.2, 0.25) is 0 Å². The first-order chi connectivity index (χ1) is 16.9. The molecule has 0 unspecified atom stereocenters. The molecule has 1 aromatic heterocycles. The van der Waals surface area contributed by atoms with Gasteiger partial charge in [0.1, 0.15) is 11.8 Å². The van der Waals surface area contributed by atoms with E-state index < -0.39 is 6.04 Å². The maximum Gasteiger partial charge on any atom is 0.247 e. The number of ether oxygens (including phenoxy) is 1. The highest BCUT2D eigenvalue weighted by Crippen LogP contribution is 2.26. The fraction of sp³-hybridized carbons (Fsp3) is 0.538. The standard InChI is InChI=1S/C26H36N4O5/c1-4-5-14-30(24(32)13-12-23(31)28-22-16-19(3)35-29-22)25(21-11-7-6-9-18(21)2)26(33)27-17-20-10-8-15-34-20/h6-7,9,11,16,20,25H,4-5,8,10,12-15,17H2,1-3H3,(H,27,33)(H,28,29,31)/t20-,25+/m0/s1. The topological polar surface area (TPSA) is 114 Å². The SMILES string of the molecule is CCCCN(C(=O)CCC(=O)Nc1cc(C)on1)[C@@H](C(=O)NC[C@@H]1CCCO1)c1ccccc1C. The Hall–Kier alpha value is -3.20. The number of aromatic nitrogens is 1. The van der Waals surface area contributed by atoms with Gasteiger partial charge in [-0.2, -0.15) is 0 Å². The second-order valence-electron chi connectivity index (χ2n) is 8.95. The summed E-state index contributed by atoms with van der Waals surface area (Å²) in [5.41, 5.74) is 1.71. The first-order valence-electron chi connectivity index (χ1n) is 12.4. The van der Waals surface area contributed by atoms with Crippen LogP contribution in [0.15, 0.2) is 34.9 Å². The van der Waals surface area contributed by atoms with Crippen molar-refractivity contribution >= 4 is 23.5 Å². The molecule has 1 saturated heterocycles. The predicted molar refractivity (Wildman–Crippen MR) is 132 cm³/mol. The maximum atomic E-state index is 13.5. The van der Waals surface area contributed by atoms with E-state index in [1.54, 1.807) is 17.9 Å². The van der Waals surface area contributed by atoms with Crippen LogP contribution in [0.5, 0.6) is 0 Å². The molecular formula is C26H36N4O5. The smallest absolute Gasteiger partial charge is 0.247 e. The van der Waals surface area contributed by atoms with Gasteiger partial charge in [0.2, 0.25) is 17.7 Å². The summed E-state index contributed by atoms with van der Waals surface area (Å²) >= 11 is 0. The van der Waals surface area contributed by atoms with Crippen molar-refractivity contribution in [1.82, 2.24) is 15.4 Å². The molecule has 1 fully saturated rings. The number of hydrogen-bond acceptors (Lipinski definition) is 6. The Morgan fingerprint density at radius 2 is 2.00 bits per heavy atom. The molecule has 9 nitrogen and oxygen atoms in total. The van der Waals surface area contributed by atoms with E-state index >= 15 is 0 Å². The molecule has 0 spiro atoms. The van der Waals surface area contributed by atoms with Crippen LogP contribution in [0.3, 0.4) is 0 Å². The lowest BCUT2D eigenvalue weighted by Gasteiger charge is -2.32. The third-order valence-electron chi connectivity index (χ3n) is 6.11. The molecule has 35 heavy (non-hydrogen) atoms. The summed E-state index contributed by atoms with van der Waals surface area (Å²) in [5, 5.41) is 9.39. The van der Waals surface area contributed by atoms with Crippen LogP contribution in [0, 0.1) is 13.8 Å². The number of benzene rings is 1. The molecule has 190 valence electrons. The number of amides is 3. The van der Waals surface area contributed by atoms with Crippen LogP contribution in [-0.2, 0) is 19.1 Å². The number of unbranched alkanes of at least 4 members (excludes halogenated alkanes) is 1. The Labute approximate surface area is 206 Å². The van der Waals surface area contributed by atoms with E-state index in [1.165, 1.54) is 0 Å². The molecule has 3 rings (SSSR count). The van der Waals surface area contributed by atoms with Gasteiger partial charge < -0.3 is 24.8 Å². The fourth-order valence-electron chi connectivity index (χ4n) is 4.18. The predicted octanol–water partition coefficient (Wildman–Crippen LogP) is 3.68. The Kier molecular flexibility index (Phi) is 9.84. The van der Waals surface area contributed by atoms with Crippen molar-refractivity contribution in [2.45, 2.75) is 71.4 Å². The average molecular weight is 485 g/mol. The minimum absolute atomic E-state index is 0.000118. The van der Waals surface area contributed by atoms with E-state index in [2.05, 4.69) is 15.8 Å². The van der Waals surface area contributed by atoms with E-state index in [1.807, 2.05) is 38.1 Å². The molecule has 9 heteroatoms. The molecule has 0 aliphatic carbocycles. The third-order valence-corrected chi connectivity index (χ3v) is 6.11. The average Bonchev–Trinajstić information content (AvgIpc) is 3.51. The van der Waals surface area contributed by atoms with Gasteiger partial charge in [0, 0.05) is 38.6 Å². The van der Waals surface area contributed by atoms with Gasteiger partial charge in [-0.25, -0.2) is 0 Å². The van der Waals surface area contributed by atoms with Gasteiger partial charge >= 0.3 is 0 Å². The van der Waals surface area contributed by atoms with Gasteiger partial charge in [0.15, 0.2) is 5.82 Å². The molecule has 1 aromatic carbocycles. The molecule has 1 aliphatic heterocycles. The highest BCUT2D eigenvalue weighted by atomic mass is 16.5. The van der Waals surface area contributed by atoms with Gasteiger partial charge in [-0.3, -0.25) is 14.4 Å². The van der Waals surface area contributed by atoms with Crippen LogP contribution in [-0.4, -0.2) is 53.6 Å². The zero-order valence-corrected chi connectivity index (χ0v) is 20.8. The molecule has 2 aromatic rings. The second kappa shape index (κ2) is 13.0. The largest absolute Gasteiger partial charge is 0.376 e. The zero-order valence-electron chi connectivity index (χ0n) is 20.8. The third kappa shape index (κ3) is 7.65. The summed E-state index contributed by atoms with van der Waals surface area (Å²) in [4.78, 5) is 40.9. The van der Waals surface area contributed by atoms with Crippen molar-refractivity contribution in [1.29, 1.82) is 0 Å². The fourth-order valence-corrected chi connectivity index (χ4v) is 4.18. The molecule has 1 aliphatic rings. The van der Waals surface area contributed by atoms with Gasteiger partial charge in [-0.05, 0) is 44.2 Å². The van der Waals surface area contributed by atoms with Crippen molar-refractivity contribution < 1.29 is 23.6 Å². The molecule has 2 heterocycles.